The topological polar surface area (TPSA) is 17.1 Å². The first-order valence-corrected chi connectivity index (χ1v) is 9.28. The lowest BCUT2D eigenvalue weighted by atomic mass is 10.0. The average molecular weight is 300 g/mol. The van der Waals surface area contributed by atoms with Crippen molar-refractivity contribution in [3.8, 4) is 0 Å². The fourth-order valence-electron chi connectivity index (χ4n) is 2.05. The van der Waals surface area contributed by atoms with E-state index in [2.05, 4.69) is 19.7 Å². The Morgan fingerprint density at radius 2 is 1.80 bits per heavy atom. The molecule has 0 bridgehead atoms. The van der Waals surface area contributed by atoms with E-state index < -0.39 is 8.80 Å². The zero-order chi connectivity index (χ0) is 14.7. The van der Waals surface area contributed by atoms with E-state index in [1.165, 1.54) is 0 Å². The summed E-state index contributed by atoms with van der Waals surface area (Å²) in [5, 5.41) is 1.77. The fraction of sp³-hybridized carbons (Fsp3) is 0.118. The maximum Gasteiger partial charge on any atom is 0.192 e. The molecule has 1 nitrogen and oxygen atoms in total. The lowest BCUT2D eigenvalue weighted by Crippen LogP contribution is -2.29. The molecule has 0 spiro atoms. The molecule has 0 saturated heterocycles. The first kappa shape index (κ1) is 14.8. The Kier molecular flexibility index (Phi) is 4.58. The summed E-state index contributed by atoms with van der Waals surface area (Å²) >= 11 is 6.05. The molecule has 101 valence electrons. The molecular weight excluding hydrogens is 284 g/mol. The Balaban J connectivity index is 2.44. The van der Waals surface area contributed by atoms with Crippen LogP contribution in [-0.2, 0) is 0 Å². The van der Waals surface area contributed by atoms with Crippen LogP contribution in [0.2, 0.25) is 18.1 Å². The van der Waals surface area contributed by atoms with Crippen LogP contribution in [0.15, 0.2) is 49.0 Å². The van der Waals surface area contributed by atoms with Gasteiger partial charge in [-0.25, -0.2) is 0 Å². The van der Waals surface area contributed by atoms with Gasteiger partial charge in [-0.3, -0.25) is 4.79 Å². The van der Waals surface area contributed by atoms with Gasteiger partial charge in [-0.1, -0.05) is 61.6 Å². The van der Waals surface area contributed by atoms with E-state index in [1.54, 1.807) is 12.1 Å². The zero-order valence-electron chi connectivity index (χ0n) is 11.6. The Morgan fingerprint density at radius 1 is 1.15 bits per heavy atom. The molecule has 0 aromatic heterocycles. The Hall–Kier alpha value is -1.64. The molecule has 0 unspecified atom stereocenters. The highest BCUT2D eigenvalue weighted by molar-refractivity contribution is 6.72. The van der Waals surface area contributed by atoms with Crippen molar-refractivity contribution in [1.29, 1.82) is 0 Å². The number of hydrogen-bond donors (Lipinski definition) is 0. The van der Waals surface area contributed by atoms with Crippen molar-refractivity contribution in [1.82, 2.24) is 0 Å². The summed E-state index contributed by atoms with van der Waals surface area (Å²) in [5.41, 5.74) is 2.47. The van der Waals surface area contributed by atoms with Gasteiger partial charge in [0.25, 0.3) is 0 Å². The van der Waals surface area contributed by atoms with Crippen LogP contribution in [0.4, 0.5) is 0 Å². The van der Waals surface area contributed by atoms with E-state index in [0.29, 0.717) is 10.6 Å². The number of rotatable bonds is 4. The van der Waals surface area contributed by atoms with Crippen LogP contribution in [0.3, 0.4) is 0 Å². The molecule has 0 aliphatic heterocycles. The summed E-state index contributed by atoms with van der Waals surface area (Å²) in [6.45, 7) is 8.04. The first-order chi connectivity index (χ1) is 9.52. The fourth-order valence-corrected chi connectivity index (χ4v) is 3.50. The number of halogens is 1. The van der Waals surface area contributed by atoms with Gasteiger partial charge in [-0.05, 0) is 28.9 Å². The molecule has 3 heteroatoms. The van der Waals surface area contributed by atoms with Crippen LogP contribution in [0, 0.1) is 0 Å². The van der Waals surface area contributed by atoms with E-state index in [1.807, 2.05) is 36.4 Å². The third-order valence-corrected chi connectivity index (χ3v) is 4.90. The SMILES string of the molecule is C=Cc1ccc(C(=O)c2ccc(Cl)cc2[Si](C)C)cc1. The minimum absolute atomic E-state index is 0.0541. The zero-order valence-corrected chi connectivity index (χ0v) is 13.4. The second-order valence-corrected chi connectivity index (χ2v) is 7.82. The number of benzene rings is 2. The second kappa shape index (κ2) is 6.20. The molecular formula is C17H16ClOSi. The summed E-state index contributed by atoms with van der Waals surface area (Å²) in [4.78, 5) is 12.6. The van der Waals surface area contributed by atoms with E-state index in [4.69, 9.17) is 11.6 Å². The quantitative estimate of drug-likeness (QED) is 0.611. The standard InChI is InChI=1S/C17H16ClOSi/c1-4-12-5-7-13(8-6-12)17(19)15-10-9-14(18)11-16(15)20(2)3/h4-11H,1H2,2-3H3. The van der Waals surface area contributed by atoms with Crippen LogP contribution in [0.5, 0.6) is 0 Å². The monoisotopic (exact) mass is 299 g/mol. The van der Waals surface area contributed by atoms with Crippen LogP contribution in [-0.4, -0.2) is 14.6 Å². The van der Waals surface area contributed by atoms with Crippen molar-refractivity contribution in [3.05, 3.63) is 70.8 Å². The predicted octanol–water partition coefficient (Wildman–Crippen LogP) is 4.18. The van der Waals surface area contributed by atoms with E-state index in [-0.39, 0.29) is 5.78 Å². The summed E-state index contributed by atoms with van der Waals surface area (Å²) in [6, 6.07) is 13.0. The van der Waals surface area contributed by atoms with Gasteiger partial charge in [0.05, 0.1) is 8.80 Å². The number of ketones is 1. The third kappa shape index (κ3) is 3.09. The van der Waals surface area contributed by atoms with Gasteiger partial charge in [0.15, 0.2) is 5.78 Å². The second-order valence-electron chi connectivity index (χ2n) is 4.85. The number of carbonyl (C=O) groups excluding carboxylic acids is 1. The molecule has 2 rings (SSSR count). The lowest BCUT2D eigenvalue weighted by Gasteiger charge is -2.11. The maximum atomic E-state index is 12.6. The first-order valence-electron chi connectivity index (χ1n) is 6.40. The molecule has 2 aromatic carbocycles. The number of carbonyl (C=O) groups is 1. The minimum Gasteiger partial charge on any atom is -0.289 e. The molecule has 0 aliphatic carbocycles. The van der Waals surface area contributed by atoms with Gasteiger partial charge < -0.3 is 0 Å². The number of hydrogen-bond acceptors (Lipinski definition) is 1. The van der Waals surface area contributed by atoms with Crippen LogP contribution in [0.1, 0.15) is 21.5 Å². The average Bonchev–Trinajstić information content (AvgIpc) is 2.46. The van der Waals surface area contributed by atoms with Crippen molar-refractivity contribution in [2.75, 3.05) is 0 Å². The van der Waals surface area contributed by atoms with Gasteiger partial charge in [0.2, 0.25) is 0 Å². The maximum absolute atomic E-state index is 12.6. The van der Waals surface area contributed by atoms with E-state index in [9.17, 15) is 4.79 Å². The normalized spacial score (nSPS) is 10.6. The highest BCUT2D eigenvalue weighted by atomic mass is 35.5. The van der Waals surface area contributed by atoms with Gasteiger partial charge in [0.1, 0.15) is 0 Å². The molecule has 1 radical (unpaired) electrons. The Morgan fingerprint density at radius 3 is 2.35 bits per heavy atom. The summed E-state index contributed by atoms with van der Waals surface area (Å²) in [7, 11) is -0.750. The highest BCUT2D eigenvalue weighted by Gasteiger charge is 2.16. The molecule has 0 saturated carbocycles. The van der Waals surface area contributed by atoms with Gasteiger partial charge in [-0.2, -0.15) is 0 Å². The smallest absolute Gasteiger partial charge is 0.192 e. The Labute approximate surface area is 126 Å². The van der Waals surface area contributed by atoms with E-state index in [0.717, 1.165) is 16.3 Å². The molecule has 0 heterocycles. The van der Waals surface area contributed by atoms with Crippen LogP contribution in [0.25, 0.3) is 6.08 Å². The molecule has 0 atom stereocenters. The van der Waals surface area contributed by atoms with Crippen molar-refractivity contribution < 1.29 is 4.79 Å². The molecule has 2 aromatic rings. The summed E-state index contributed by atoms with van der Waals surface area (Å²) in [5.74, 6) is 0.0541. The largest absolute Gasteiger partial charge is 0.289 e. The van der Waals surface area contributed by atoms with Crippen molar-refractivity contribution in [2.45, 2.75) is 13.1 Å². The van der Waals surface area contributed by atoms with Gasteiger partial charge in [-0.15, -0.1) is 0 Å². The summed E-state index contributed by atoms with van der Waals surface area (Å²) in [6.07, 6.45) is 1.77. The van der Waals surface area contributed by atoms with Crippen molar-refractivity contribution in [2.24, 2.45) is 0 Å². The molecule has 0 fully saturated rings. The molecule has 0 amide bonds. The third-order valence-electron chi connectivity index (χ3n) is 3.17. The lowest BCUT2D eigenvalue weighted by molar-refractivity contribution is 0.104. The highest BCUT2D eigenvalue weighted by Crippen LogP contribution is 2.14. The van der Waals surface area contributed by atoms with Crippen molar-refractivity contribution in [3.63, 3.8) is 0 Å². The molecule has 20 heavy (non-hydrogen) atoms. The predicted molar refractivity (Wildman–Crippen MR) is 88.5 cm³/mol. The van der Waals surface area contributed by atoms with Crippen LogP contribution >= 0.6 is 11.6 Å². The van der Waals surface area contributed by atoms with Gasteiger partial charge in [0, 0.05) is 16.1 Å². The minimum atomic E-state index is -0.750. The van der Waals surface area contributed by atoms with Gasteiger partial charge >= 0.3 is 0 Å². The van der Waals surface area contributed by atoms with Crippen molar-refractivity contribution >= 4 is 37.4 Å². The summed E-state index contributed by atoms with van der Waals surface area (Å²) < 4.78 is 0. The molecule has 0 N–H and O–H groups in total. The molecule has 0 aliphatic rings. The van der Waals surface area contributed by atoms with Crippen LogP contribution < -0.4 is 5.19 Å². The van der Waals surface area contributed by atoms with E-state index >= 15 is 0 Å². The Bertz CT molecular complexity index is 645.